The number of ketones is 4. The fraction of sp³-hybridized carbons (Fsp3) is 0.478. The molecule has 186 valence electrons. The second kappa shape index (κ2) is 8.15. The number of nitrogens with zero attached hydrogens (tertiary/aromatic N) is 1. The highest BCUT2D eigenvalue weighted by Gasteiger charge is 2.66. The molecule has 2 unspecified atom stereocenters. The third kappa shape index (κ3) is 3.47. The average Bonchev–Trinajstić information content (AvgIpc) is 2.75. The quantitative estimate of drug-likeness (QED) is 0.315. The number of nitrogens with one attached hydrogen (secondary N) is 1. The highest BCUT2D eigenvalue weighted by atomic mass is 16.3. The van der Waals surface area contributed by atoms with Gasteiger partial charge >= 0.3 is 6.03 Å². The van der Waals surface area contributed by atoms with Crippen molar-refractivity contribution < 1.29 is 39.0 Å². The molecule has 0 spiro atoms. The molecule has 2 fully saturated rings. The highest BCUT2D eigenvalue weighted by molar-refractivity contribution is 6.31. The molecular weight excluding hydrogens is 460 g/mol. The minimum atomic E-state index is -2.70. The van der Waals surface area contributed by atoms with Crippen molar-refractivity contribution in [1.82, 2.24) is 5.32 Å². The van der Waals surface area contributed by atoms with Crippen molar-refractivity contribution in [2.45, 2.75) is 31.4 Å². The van der Waals surface area contributed by atoms with Crippen molar-refractivity contribution in [3.8, 4) is 5.75 Å². The van der Waals surface area contributed by atoms with Crippen LogP contribution in [0.1, 0.15) is 34.3 Å². The number of benzene rings is 1. The number of fused-ring (bicyclic) bond motifs is 3. The molecule has 0 aliphatic heterocycles. The number of carbonyl (C=O) groups is 6. The number of hydrogen-bond donors (Lipinski definition) is 5. The molecule has 7 N–H and O–H groups in total. The van der Waals surface area contributed by atoms with Crippen molar-refractivity contribution in [2.24, 2.45) is 35.1 Å². The van der Waals surface area contributed by atoms with Crippen LogP contribution in [0.4, 0.5) is 10.5 Å². The van der Waals surface area contributed by atoms with E-state index in [1.54, 1.807) is 25.1 Å². The molecule has 12 nitrogen and oxygen atoms in total. The third-order valence-corrected chi connectivity index (χ3v) is 7.39. The minimum absolute atomic E-state index is 0.0136. The Balaban J connectivity index is 1.83. The fourth-order valence-electron chi connectivity index (χ4n) is 5.79. The molecule has 2 saturated carbocycles. The normalized spacial score (nSPS) is 29.7. The summed E-state index contributed by atoms with van der Waals surface area (Å²) in [5.41, 5.74) is 8.70. The number of aliphatic hydroxyl groups is 1. The lowest BCUT2D eigenvalue weighted by Gasteiger charge is -2.48. The van der Waals surface area contributed by atoms with Gasteiger partial charge in [0, 0.05) is 44.2 Å². The molecule has 0 saturated heterocycles. The zero-order valence-electron chi connectivity index (χ0n) is 19.2. The molecule has 0 radical (unpaired) electrons. The molecule has 0 heterocycles. The van der Waals surface area contributed by atoms with Crippen molar-refractivity contribution in [2.75, 3.05) is 19.0 Å². The van der Waals surface area contributed by atoms with Gasteiger partial charge in [0.05, 0.1) is 11.5 Å². The van der Waals surface area contributed by atoms with E-state index in [9.17, 15) is 39.0 Å². The Labute approximate surface area is 199 Å². The van der Waals surface area contributed by atoms with Gasteiger partial charge < -0.3 is 31.9 Å². The summed E-state index contributed by atoms with van der Waals surface area (Å²) >= 11 is 0. The Morgan fingerprint density at radius 3 is 2.37 bits per heavy atom. The van der Waals surface area contributed by atoms with Crippen LogP contribution in [0, 0.1) is 23.7 Å². The Kier molecular flexibility index (Phi) is 5.67. The van der Waals surface area contributed by atoms with Crippen molar-refractivity contribution in [3.05, 3.63) is 22.8 Å². The van der Waals surface area contributed by atoms with Crippen LogP contribution < -0.4 is 21.7 Å². The third-order valence-electron chi connectivity index (χ3n) is 7.39. The van der Waals surface area contributed by atoms with Crippen molar-refractivity contribution in [1.29, 1.82) is 0 Å². The van der Waals surface area contributed by atoms with Crippen LogP contribution >= 0.6 is 0 Å². The van der Waals surface area contributed by atoms with Crippen molar-refractivity contribution >= 4 is 40.8 Å². The van der Waals surface area contributed by atoms with E-state index in [1.807, 2.05) is 0 Å². The molecule has 5 atom stereocenters. The number of phenolic OH excluding ortho intramolecular Hbond substituents is 1. The average molecular weight is 486 g/mol. The van der Waals surface area contributed by atoms with Gasteiger partial charge in [-0.1, -0.05) is 0 Å². The maximum atomic E-state index is 13.7. The predicted octanol–water partition coefficient (Wildman–Crippen LogP) is -1.44. The first-order valence-electron chi connectivity index (χ1n) is 11.1. The number of primary amides is 2. The molecule has 1 aromatic carbocycles. The van der Waals surface area contributed by atoms with E-state index in [0.717, 1.165) is 0 Å². The number of nitrogens with two attached hydrogens (primary N) is 2. The van der Waals surface area contributed by atoms with Crippen LogP contribution in [0.3, 0.4) is 0 Å². The predicted molar refractivity (Wildman–Crippen MR) is 119 cm³/mol. The summed E-state index contributed by atoms with van der Waals surface area (Å²) < 4.78 is 0. The fourth-order valence-corrected chi connectivity index (χ4v) is 5.79. The molecular formula is C23H26N4O8. The minimum Gasteiger partial charge on any atom is -0.507 e. The Hall–Kier alpha value is -3.80. The van der Waals surface area contributed by atoms with Gasteiger partial charge in [-0.2, -0.15) is 0 Å². The number of urea groups is 1. The van der Waals surface area contributed by atoms with Gasteiger partial charge in [-0.25, -0.2) is 4.79 Å². The number of aromatic hydroxyl groups is 1. The van der Waals surface area contributed by atoms with E-state index in [1.165, 1.54) is 0 Å². The molecule has 3 aliphatic rings. The van der Waals surface area contributed by atoms with Crippen LogP contribution in [0.5, 0.6) is 5.75 Å². The van der Waals surface area contributed by atoms with Crippen LogP contribution in [0.2, 0.25) is 0 Å². The zero-order valence-corrected chi connectivity index (χ0v) is 19.2. The van der Waals surface area contributed by atoms with Crippen LogP contribution in [-0.2, 0) is 32.1 Å². The maximum absolute atomic E-state index is 13.7. The van der Waals surface area contributed by atoms with E-state index < -0.39 is 76.5 Å². The first-order valence-corrected chi connectivity index (χ1v) is 11.1. The number of amides is 3. The first-order chi connectivity index (χ1) is 16.3. The summed E-state index contributed by atoms with van der Waals surface area (Å²) in [5, 5.41) is 24.5. The van der Waals surface area contributed by atoms with E-state index in [4.69, 9.17) is 11.5 Å². The molecule has 1 aromatic rings. The van der Waals surface area contributed by atoms with Gasteiger partial charge in [-0.3, -0.25) is 24.0 Å². The van der Waals surface area contributed by atoms with E-state index in [-0.39, 0.29) is 30.5 Å². The summed E-state index contributed by atoms with van der Waals surface area (Å²) in [6.07, 6.45) is -0.217. The molecule has 0 bridgehead atoms. The van der Waals surface area contributed by atoms with Crippen LogP contribution in [-0.4, -0.2) is 65.0 Å². The molecule has 12 heteroatoms. The van der Waals surface area contributed by atoms with Gasteiger partial charge in [0.25, 0.3) is 0 Å². The SMILES string of the molecule is CN(C)c1cc(CNC(N)=O)c(O)c2c1C[C@H]1C[C@H]3CC(=O)C(C(N)=O)C(=O)[C@@]3(O)C(=O)C1C2=O. The molecule has 35 heavy (non-hydrogen) atoms. The summed E-state index contributed by atoms with van der Waals surface area (Å²) in [5.74, 6) is -10.8. The number of carbonyl (C=O) groups excluding carboxylic acids is 6. The number of phenols is 1. The highest BCUT2D eigenvalue weighted by Crippen LogP contribution is 2.51. The Morgan fingerprint density at radius 2 is 1.80 bits per heavy atom. The van der Waals surface area contributed by atoms with Gasteiger partial charge in [0.15, 0.2) is 34.7 Å². The number of anilines is 1. The smallest absolute Gasteiger partial charge is 0.312 e. The molecule has 3 amide bonds. The maximum Gasteiger partial charge on any atom is 0.312 e. The summed E-state index contributed by atoms with van der Waals surface area (Å²) in [7, 11) is 3.45. The van der Waals surface area contributed by atoms with E-state index >= 15 is 0 Å². The molecule has 4 rings (SSSR count). The zero-order chi connectivity index (χ0) is 26.0. The summed E-state index contributed by atoms with van der Waals surface area (Å²) in [6.45, 7) is -0.183. The first kappa shape index (κ1) is 24.3. The lowest BCUT2D eigenvalue weighted by atomic mass is 9.53. The second-order valence-corrected chi connectivity index (χ2v) is 9.61. The Bertz CT molecular complexity index is 1210. The van der Waals surface area contributed by atoms with Gasteiger partial charge in [0.2, 0.25) is 5.91 Å². The van der Waals surface area contributed by atoms with E-state index in [2.05, 4.69) is 5.32 Å². The number of Topliss-reactive ketones (excluding diaryl/α,β-unsaturated/α-hetero) is 4. The summed E-state index contributed by atoms with van der Waals surface area (Å²) in [4.78, 5) is 77.2. The number of hydrogen-bond acceptors (Lipinski definition) is 9. The topological polar surface area (TPSA) is 210 Å². The van der Waals surface area contributed by atoms with Gasteiger partial charge in [-0.05, 0) is 30.4 Å². The lowest BCUT2D eigenvalue weighted by Crippen LogP contribution is -2.68. The Morgan fingerprint density at radius 1 is 1.14 bits per heavy atom. The van der Waals surface area contributed by atoms with Crippen LogP contribution in [0.25, 0.3) is 0 Å². The van der Waals surface area contributed by atoms with Crippen molar-refractivity contribution in [3.63, 3.8) is 0 Å². The monoisotopic (exact) mass is 486 g/mol. The van der Waals surface area contributed by atoms with E-state index in [0.29, 0.717) is 11.3 Å². The largest absolute Gasteiger partial charge is 0.507 e. The second-order valence-electron chi connectivity index (χ2n) is 9.61. The molecule has 0 aromatic heterocycles. The van der Waals surface area contributed by atoms with Gasteiger partial charge in [-0.15, -0.1) is 0 Å². The lowest BCUT2D eigenvalue weighted by molar-refractivity contribution is -0.175. The number of rotatable bonds is 4. The summed E-state index contributed by atoms with van der Waals surface area (Å²) in [6, 6.07) is 0.758. The van der Waals surface area contributed by atoms with Crippen LogP contribution in [0.15, 0.2) is 6.07 Å². The molecule has 3 aliphatic carbocycles. The van der Waals surface area contributed by atoms with Gasteiger partial charge in [0.1, 0.15) is 5.75 Å². The standard InChI is InChI=1S/C23H26N4O8/c1-27(2)12-5-9(7-26-22(25)34)17(29)15-11(12)4-8-3-10-6-13(28)16(21(24)33)20(32)23(10,35)19(31)14(8)18(15)30/h5,8,10,14,16,29,35H,3-4,6-7H2,1-2H3,(H2,24,33)(H3,25,26,34)/t8-,10+,14?,16?,23+/m1/s1.